The van der Waals surface area contributed by atoms with Crippen LogP contribution in [0.2, 0.25) is 0 Å². The van der Waals surface area contributed by atoms with Gasteiger partial charge in [0.15, 0.2) is 0 Å². The highest BCUT2D eigenvalue weighted by Crippen LogP contribution is 2.09. The molecule has 1 aliphatic heterocycles. The van der Waals surface area contributed by atoms with Crippen molar-refractivity contribution < 1.29 is 14.7 Å². The smallest absolute Gasteiger partial charge is 0.323 e. The van der Waals surface area contributed by atoms with Crippen LogP contribution in [-0.4, -0.2) is 28.4 Å². The molecule has 0 aliphatic carbocycles. The van der Waals surface area contributed by atoms with E-state index in [-0.39, 0.29) is 18.3 Å². The lowest BCUT2D eigenvalue weighted by Gasteiger charge is -2.26. The fraction of sp³-hybridized carbons (Fsp3) is 0.250. The first kappa shape index (κ1) is 9.31. The van der Waals surface area contributed by atoms with Gasteiger partial charge in [-0.05, 0) is 6.92 Å². The van der Waals surface area contributed by atoms with Gasteiger partial charge in [-0.25, -0.2) is 0 Å². The van der Waals surface area contributed by atoms with Crippen molar-refractivity contribution in [2.75, 3.05) is 6.54 Å². The van der Waals surface area contributed by atoms with Gasteiger partial charge in [0, 0.05) is 11.8 Å². The molecular weight excluding hydrogens is 172 g/mol. The van der Waals surface area contributed by atoms with Crippen molar-refractivity contribution >= 4 is 11.9 Å². The Bertz CT molecular complexity index is 307. The molecule has 0 aromatic heterocycles. The summed E-state index contributed by atoms with van der Waals surface area (Å²) in [6, 6.07) is 0. The van der Waals surface area contributed by atoms with Gasteiger partial charge >= 0.3 is 5.97 Å². The maximum atomic E-state index is 11.0. The van der Waals surface area contributed by atoms with E-state index < -0.39 is 5.97 Å². The van der Waals surface area contributed by atoms with Crippen molar-refractivity contribution in [3.8, 4) is 0 Å². The summed E-state index contributed by atoms with van der Waals surface area (Å²) in [5, 5.41) is 11.0. The number of carboxylic acids is 1. The minimum Gasteiger partial charge on any atom is -0.480 e. The normalized spacial score (nSPS) is 16.7. The van der Waals surface area contributed by atoms with Gasteiger partial charge in [0.05, 0.1) is 0 Å². The molecule has 5 nitrogen and oxygen atoms in total. The van der Waals surface area contributed by atoms with Crippen LogP contribution in [0.25, 0.3) is 0 Å². The van der Waals surface area contributed by atoms with Gasteiger partial charge in [-0.1, -0.05) is 6.58 Å². The van der Waals surface area contributed by atoms with E-state index in [2.05, 4.69) is 11.9 Å². The second-order valence-electron chi connectivity index (χ2n) is 2.73. The molecule has 5 heteroatoms. The molecule has 1 rings (SSSR count). The van der Waals surface area contributed by atoms with Crippen LogP contribution in [0.3, 0.4) is 0 Å². The standard InChI is InChI=1S/C8H10N2O3/c1-5-3-10(4-7(11)12)6(2)9-8(5)13/h3H,2,4H2,1H3,(H,9,13)(H,11,12). The lowest BCUT2D eigenvalue weighted by molar-refractivity contribution is -0.137. The van der Waals surface area contributed by atoms with Gasteiger partial charge in [-0.2, -0.15) is 0 Å². The van der Waals surface area contributed by atoms with E-state index in [4.69, 9.17) is 5.11 Å². The topological polar surface area (TPSA) is 69.6 Å². The molecule has 0 unspecified atom stereocenters. The summed E-state index contributed by atoms with van der Waals surface area (Å²) in [7, 11) is 0. The Labute approximate surface area is 75.3 Å². The number of amides is 1. The third-order valence-electron chi connectivity index (χ3n) is 1.62. The van der Waals surface area contributed by atoms with Crippen LogP contribution in [0.4, 0.5) is 0 Å². The van der Waals surface area contributed by atoms with E-state index in [1.54, 1.807) is 6.92 Å². The lowest BCUT2D eigenvalue weighted by Crippen LogP contribution is -2.39. The molecule has 1 amide bonds. The van der Waals surface area contributed by atoms with E-state index in [1.807, 2.05) is 0 Å². The van der Waals surface area contributed by atoms with Gasteiger partial charge in [0.1, 0.15) is 12.4 Å². The molecule has 70 valence electrons. The summed E-state index contributed by atoms with van der Waals surface area (Å²) in [6.45, 7) is 4.93. The number of carbonyl (C=O) groups is 2. The number of carboxylic acid groups (broad SMARTS) is 1. The van der Waals surface area contributed by atoms with Crippen LogP contribution in [0.1, 0.15) is 6.92 Å². The lowest BCUT2D eigenvalue weighted by atomic mass is 10.2. The van der Waals surface area contributed by atoms with Crippen LogP contribution < -0.4 is 5.32 Å². The van der Waals surface area contributed by atoms with E-state index in [0.29, 0.717) is 5.57 Å². The van der Waals surface area contributed by atoms with Crippen molar-refractivity contribution in [2.45, 2.75) is 6.92 Å². The fourth-order valence-electron chi connectivity index (χ4n) is 0.959. The van der Waals surface area contributed by atoms with Crippen molar-refractivity contribution in [3.63, 3.8) is 0 Å². The van der Waals surface area contributed by atoms with Crippen LogP contribution in [0, 0.1) is 0 Å². The minimum absolute atomic E-state index is 0.198. The van der Waals surface area contributed by atoms with Gasteiger partial charge in [0.25, 0.3) is 5.91 Å². The highest BCUT2D eigenvalue weighted by atomic mass is 16.4. The summed E-state index contributed by atoms with van der Waals surface area (Å²) >= 11 is 0. The van der Waals surface area contributed by atoms with Gasteiger partial charge in [-0.3, -0.25) is 9.59 Å². The third kappa shape index (κ3) is 2.08. The number of carbonyl (C=O) groups excluding carboxylic acids is 1. The number of hydrogen-bond donors (Lipinski definition) is 2. The number of nitrogens with one attached hydrogen (secondary N) is 1. The molecule has 13 heavy (non-hydrogen) atoms. The molecule has 0 spiro atoms. The van der Waals surface area contributed by atoms with Crippen molar-refractivity contribution in [1.29, 1.82) is 0 Å². The average Bonchev–Trinajstić information content (AvgIpc) is 1.99. The van der Waals surface area contributed by atoms with E-state index in [0.717, 1.165) is 0 Å². The first-order valence-corrected chi connectivity index (χ1v) is 3.68. The molecule has 0 saturated carbocycles. The second kappa shape index (κ2) is 3.30. The molecule has 0 saturated heterocycles. The maximum Gasteiger partial charge on any atom is 0.323 e. The fourth-order valence-corrected chi connectivity index (χ4v) is 0.959. The zero-order valence-electron chi connectivity index (χ0n) is 7.20. The monoisotopic (exact) mass is 182 g/mol. The van der Waals surface area contributed by atoms with E-state index >= 15 is 0 Å². The van der Waals surface area contributed by atoms with Gasteiger partial charge < -0.3 is 15.3 Å². The quantitative estimate of drug-likeness (QED) is 0.624. The molecule has 2 N–H and O–H groups in total. The predicted molar refractivity (Wildman–Crippen MR) is 45.4 cm³/mol. The molecule has 0 atom stereocenters. The van der Waals surface area contributed by atoms with Crippen molar-refractivity contribution in [1.82, 2.24) is 10.2 Å². The summed E-state index contributed by atoms with van der Waals surface area (Å²) in [6.07, 6.45) is 1.47. The second-order valence-corrected chi connectivity index (χ2v) is 2.73. The Morgan fingerprint density at radius 1 is 1.77 bits per heavy atom. The Hall–Kier alpha value is -1.78. The van der Waals surface area contributed by atoms with Crippen molar-refractivity contribution in [3.05, 3.63) is 24.2 Å². The number of hydrogen-bond acceptors (Lipinski definition) is 3. The third-order valence-corrected chi connectivity index (χ3v) is 1.62. The van der Waals surface area contributed by atoms with Crippen LogP contribution in [0.5, 0.6) is 0 Å². The zero-order valence-corrected chi connectivity index (χ0v) is 7.20. The maximum absolute atomic E-state index is 11.0. The Kier molecular flexibility index (Phi) is 2.36. The molecule has 0 aromatic carbocycles. The summed E-state index contributed by atoms with van der Waals surface area (Å²) < 4.78 is 0. The average molecular weight is 182 g/mol. The summed E-state index contributed by atoms with van der Waals surface area (Å²) in [5.41, 5.74) is 0.466. The summed E-state index contributed by atoms with van der Waals surface area (Å²) in [5.74, 6) is -0.925. The first-order chi connectivity index (χ1) is 6.00. The number of rotatable bonds is 2. The molecule has 0 bridgehead atoms. The highest BCUT2D eigenvalue weighted by Gasteiger charge is 2.18. The Balaban J connectivity index is 2.81. The number of nitrogens with zero attached hydrogens (tertiary/aromatic N) is 1. The number of aliphatic carboxylic acids is 1. The molecule has 0 aromatic rings. The first-order valence-electron chi connectivity index (χ1n) is 3.68. The van der Waals surface area contributed by atoms with Crippen molar-refractivity contribution in [2.24, 2.45) is 0 Å². The van der Waals surface area contributed by atoms with E-state index in [1.165, 1.54) is 11.1 Å². The largest absolute Gasteiger partial charge is 0.480 e. The van der Waals surface area contributed by atoms with Crippen LogP contribution in [0.15, 0.2) is 24.2 Å². The zero-order chi connectivity index (χ0) is 10.0. The van der Waals surface area contributed by atoms with E-state index in [9.17, 15) is 9.59 Å². The molecule has 1 aliphatic rings. The van der Waals surface area contributed by atoms with Crippen LogP contribution >= 0.6 is 0 Å². The Morgan fingerprint density at radius 2 is 2.38 bits per heavy atom. The summed E-state index contributed by atoms with van der Waals surface area (Å²) in [4.78, 5) is 22.8. The van der Waals surface area contributed by atoms with Crippen LogP contribution in [-0.2, 0) is 9.59 Å². The van der Waals surface area contributed by atoms with Gasteiger partial charge in [-0.15, -0.1) is 0 Å². The molecule has 0 radical (unpaired) electrons. The molecular formula is C8H10N2O3. The SMILES string of the molecule is C=C1NC(=O)C(C)=CN1CC(=O)O. The predicted octanol–water partition coefficient (Wildman–Crippen LogP) is -0.122. The highest BCUT2D eigenvalue weighted by molar-refractivity contribution is 5.94. The molecule has 1 heterocycles. The Morgan fingerprint density at radius 3 is 2.92 bits per heavy atom. The molecule has 0 fully saturated rings. The minimum atomic E-state index is -0.971. The van der Waals surface area contributed by atoms with Gasteiger partial charge in [0.2, 0.25) is 0 Å².